The van der Waals surface area contributed by atoms with Gasteiger partial charge in [0.25, 0.3) is 11.6 Å². The predicted octanol–water partition coefficient (Wildman–Crippen LogP) is 5.85. The molecule has 0 bridgehead atoms. The van der Waals surface area contributed by atoms with Gasteiger partial charge < -0.3 is 9.72 Å². The van der Waals surface area contributed by atoms with E-state index < -0.39 is 4.92 Å². The summed E-state index contributed by atoms with van der Waals surface area (Å²) in [7, 11) is 0. The number of nitro benzene ring substituents is 1. The van der Waals surface area contributed by atoms with Crippen molar-refractivity contribution in [3.05, 3.63) is 106 Å². The van der Waals surface area contributed by atoms with Crippen LogP contribution >= 0.6 is 11.3 Å². The zero-order valence-electron chi connectivity index (χ0n) is 19.0. The quantitative estimate of drug-likeness (QED) is 0.239. The maximum Gasteiger partial charge on any atom is 0.270 e. The first kappa shape index (κ1) is 21.7. The lowest BCUT2D eigenvalue weighted by atomic mass is 10.1. The van der Waals surface area contributed by atoms with Crippen molar-refractivity contribution in [1.29, 1.82) is 0 Å². The Labute approximate surface area is 208 Å². The fraction of sp³-hybridized carbons (Fsp3) is 0.0385. The first-order valence-corrected chi connectivity index (χ1v) is 11.9. The third-order valence-electron chi connectivity index (χ3n) is 5.93. The minimum atomic E-state index is -0.431. The van der Waals surface area contributed by atoms with Crippen molar-refractivity contribution in [2.45, 2.75) is 6.92 Å². The van der Waals surface area contributed by atoms with E-state index >= 15 is 0 Å². The van der Waals surface area contributed by atoms with E-state index in [4.69, 9.17) is 0 Å². The van der Waals surface area contributed by atoms with Crippen LogP contribution in [0.25, 0.3) is 33.1 Å². The number of non-ortho nitro benzene ring substituents is 1. The molecule has 10 heteroatoms. The Bertz CT molecular complexity index is 1770. The molecule has 6 rings (SSSR count). The van der Waals surface area contributed by atoms with Crippen LogP contribution in [0, 0.1) is 17.0 Å². The van der Waals surface area contributed by atoms with E-state index in [2.05, 4.69) is 15.3 Å². The first-order chi connectivity index (χ1) is 17.5. The first-order valence-electron chi connectivity index (χ1n) is 11.1. The van der Waals surface area contributed by atoms with Crippen LogP contribution in [0.5, 0.6) is 0 Å². The molecule has 0 atom stereocenters. The number of para-hydroxylation sites is 1. The summed E-state index contributed by atoms with van der Waals surface area (Å²) in [6, 6.07) is 19.7. The highest BCUT2D eigenvalue weighted by Crippen LogP contribution is 2.31. The van der Waals surface area contributed by atoms with E-state index in [1.54, 1.807) is 18.3 Å². The standard InChI is InChI=1S/C26H18N6O3S/c1-16-24(36-26-29-21(15-31(16)26)17-7-6-8-18(13-17)32(34)35)25(33)28-20-10-3-2-9-19(20)22-14-30-12-5-4-11-23(30)27-22/h2-15H,1H3,(H,28,33). The number of nitrogens with one attached hydrogen (secondary N) is 1. The number of nitro groups is 1. The van der Waals surface area contributed by atoms with Gasteiger partial charge in [-0.1, -0.05) is 47.7 Å². The zero-order valence-corrected chi connectivity index (χ0v) is 19.8. The minimum absolute atomic E-state index is 0.00455. The van der Waals surface area contributed by atoms with Gasteiger partial charge in [-0.3, -0.25) is 19.3 Å². The van der Waals surface area contributed by atoms with Gasteiger partial charge in [-0.05, 0) is 25.1 Å². The van der Waals surface area contributed by atoms with Crippen molar-refractivity contribution in [3.63, 3.8) is 0 Å². The molecule has 0 aliphatic heterocycles. The second-order valence-electron chi connectivity index (χ2n) is 8.19. The Morgan fingerprint density at radius 1 is 1.00 bits per heavy atom. The van der Waals surface area contributed by atoms with E-state index in [-0.39, 0.29) is 11.6 Å². The molecular formula is C26H18N6O3S. The largest absolute Gasteiger partial charge is 0.321 e. The Kier molecular flexibility index (Phi) is 5.08. The highest BCUT2D eigenvalue weighted by molar-refractivity contribution is 7.19. The molecule has 0 fully saturated rings. The van der Waals surface area contributed by atoms with E-state index in [1.165, 1.54) is 23.5 Å². The lowest BCUT2D eigenvalue weighted by Gasteiger charge is -2.09. The second-order valence-corrected chi connectivity index (χ2v) is 9.17. The van der Waals surface area contributed by atoms with Crippen molar-refractivity contribution >= 4 is 39.2 Å². The fourth-order valence-corrected chi connectivity index (χ4v) is 5.14. The Morgan fingerprint density at radius 3 is 2.64 bits per heavy atom. The molecule has 2 aromatic carbocycles. The number of imidazole rings is 2. The summed E-state index contributed by atoms with van der Waals surface area (Å²) >= 11 is 1.27. The van der Waals surface area contributed by atoms with Gasteiger partial charge in [0.2, 0.25) is 0 Å². The number of fused-ring (bicyclic) bond motifs is 2. The minimum Gasteiger partial charge on any atom is -0.321 e. The lowest BCUT2D eigenvalue weighted by Crippen LogP contribution is -2.12. The van der Waals surface area contributed by atoms with E-state index in [1.807, 2.05) is 70.6 Å². The number of carbonyl (C=O) groups is 1. The number of pyridine rings is 1. The van der Waals surface area contributed by atoms with Gasteiger partial charge >= 0.3 is 0 Å². The van der Waals surface area contributed by atoms with Crippen LogP contribution < -0.4 is 5.32 Å². The molecule has 0 saturated carbocycles. The predicted molar refractivity (Wildman–Crippen MR) is 138 cm³/mol. The van der Waals surface area contributed by atoms with Crippen LogP contribution in [0.3, 0.4) is 0 Å². The smallest absolute Gasteiger partial charge is 0.270 e. The second kappa shape index (κ2) is 8.43. The number of thiazole rings is 1. The average Bonchev–Trinajstić information content (AvgIpc) is 3.58. The number of amides is 1. The maximum atomic E-state index is 13.3. The highest BCUT2D eigenvalue weighted by atomic mass is 32.1. The maximum absolute atomic E-state index is 13.3. The summed E-state index contributed by atoms with van der Waals surface area (Å²) in [5, 5.41) is 14.2. The number of aromatic nitrogens is 4. The van der Waals surface area contributed by atoms with Gasteiger partial charge in [0, 0.05) is 47.5 Å². The number of nitrogens with zero attached hydrogens (tertiary/aromatic N) is 5. The van der Waals surface area contributed by atoms with E-state index in [0.717, 1.165) is 22.6 Å². The number of benzene rings is 2. The molecular weight excluding hydrogens is 476 g/mol. The monoisotopic (exact) mass is 494 g/mol. The summed E-state index contributed by atoms with van der Waals surface area (Å²) in [4.78, 5) is 34.4. The number of rotatable bonds is 5. The normalized spacial score (nSPS) is 11.2. The molecule has 4 aromatic heterocycles. The van der Waals surface area contributed by atoms with Gasteiger partial charge in [0.15, 0.2) is 4.96 Å². The number of aryl methyl sites for hydroxylation is 1. The Balaban J connectivity index is 1.31. The number of hydrogen-bond acceptors (Lipinski definition) is 6. The lowest BCUT2D eigenvalue weighted by molar-refractivity contribution is -0.384. The summed E-state index contributed by atoms with van der Waals surface area (Å²) in [5.74, 6) is -0.240. The molecule has 0 saturated heterocycles. The summed E-state index contributed by atoms with van der Waals surface area (Å²) < 4.78 is 3.77. The van der Waals surface area contributed by atoms with Gasteiger partial charge in [-0.25, -0.2) is 9.97 Å². The molecule has 0 radical (unpaired) electrons. The highest BCUT2D eigenvalue weighted by Gasteiger charge is 2.20. The average molecular weight is 495 g/mol. The summed E-state index contributed by atoms with van der Waals surface area (Å²) in [6.07, 6.45) is 5.65. The van der Waals surface area contributed by atoms with Crippen molar-refractivity contribution in [1.82, 2.24) is 18.8 Å². The summed E-state index contributed by atoms with van der Waals surface area (Å²) in [5.41, 5.74) is 5.06. The van der Waals surface area contributed by atoms with Crippen molar-refractivity contribution in [2.24, 2.45) is 0 Å². The molecule has 0 aliphatic rings. The molecule has 1 N–H and O–H groups in total. The molecule has 1 amide bonds. The topological polar surface area (TPSA) is 107 Å². The number of anilines is 1. The molecule has 36 heavy (non-hydrogen) atoms. The van der Waals surface area contributed by atoms with E-state index in [9.17, 15) is 14.9 Å². The molecule has 176 valence electrons. The van der Waals surface area contributed by atoms with Gasteiger partial charge in [-0.15, -0.1) is 0 Å². The molecule has 4 heterocycles. The third-order valence-corrected chi connectivity index (χ3v) is 7.09. The van der Waals surface area contributed by atoms with Gasteiger partial charge in [0.05, 0.1) is 22.0 Å². The van der Waals surface area contributed by atoms with Crippen LogP contribution in [-0.4, -0.2) is 29.6 Å². The summed E-state index contributed by atoms with van der Waals surface area (Å²) in [6.45, 7) is 1.85. The van der Waals surface area contributed by atoms with Crippen molar-refractivity contribution in [3.8, 4) is 22.5 Å². The van der Waals surface area contributed by atoms with Crippen LogP contribution in [0.4, 0.5) is 11.4 Å². The fourth-order valence-electron chi connectivity index (χ4n) is 4.14. The van der Waals surface area contributed by atoms with Crippen LogP contribution in [0.1, 0.15) is 15.4 Å². The van der Waals surface area contributed by atoms with Crippen molar-refractivity contribution in [2.75, 3.05) is 5.32 Å². The number of hydrogen-bond donors (Lipinski definition) is 1. The zero-order chi connectivity index (χ0) is 24.8. The molecule has 0 spiro atoms. The molecule has 0 aliphatic carbocycles. The number of carbonyl (C=O) groups excluding carboxylic acids is 1. The Hall–Kier alpha value is -4.83. The van der Waals surface area contributed by atoms with Crippen molar-refractivity contribution < 1.29 is 9.72 Å². The molecule has 0 unspecified atom stereocenters. The molecule has 9 nitrogen and oxygen atoms in total. The van der Waals surface area contributed by atoms with Gasteiger partial charge in [0.1, 0.15) is 10.5 Å². The Morgan fingerprint density at radius 2 is 1.83 bits per heavy atom. The van der Waals surface area contributed by atoms with E-state index in [0.29, 0.717) is 26.8 Å². The SMILES string of the molecule is Cc1c(C(=O)Nc2ccccc2-c2cn3ccccc3n2)sc2nc(-c3cccc([N+](=O)[O-])c3)cn12. The molecule has 6 aromatic rings. The van der Waals surface area contributed by atoms with Crippen LogP contribution in [-0.2, 0) is 0 Å². The van der Waals surface area contributed by atoms with Crippen LogP contribution in [0.2, 0.25) is 0 Å². The third kappa shape index (κ3) is 3.69. The van der Waals surface area contributed by atoms with Crippen LogP contribution in [0.15, 0.2) is 85.3 Å². The van der Waals surface area contributed by atoms with Gasteiger partial charge in [-0.2, -0.15) is 0 Å².